The highest BCUT2D eigenvalue weighted by Gasteiger charge is 2.21. The highest BCUT2D eigenvalue weighted by Crippen LogP contribution is 2.25. The summed E-state index contributed by atoms with van der Waals surface area (Å²) in [5.41, 5.74) is 7.38. The van der Waals surface area contributed by atoms with Gasteiger partial charge < -0.3 is 20.5 Å². The van der Waals surface area contributed by atoms with Gasteiger partial charge in [0, 0.05) is 37.3 Å². The fourth-order valence-electron chi connectivity index (χ4n) is 2.41. The third kappa shape index (κ3) is 3.94. The van der Waals surface area contributed by atoms with Crippen LogP contribution in [0.2, 0.25) is 0 Å². The molecular formula is C17H17N7O3. The normalized spacial score (nSPS) is 10.5. The predicted octanol–water partition coefficient (Wildman–Crippen LogP) is 1.05. The first-order valence-corrected chi connectivity index (χ1v) is 8.00. The maximum atomic E-state index is 12.8. The number of amides is 1. The number of hydrogen-bond acceptors (Lipinski definition) is 8. The molecule has 1 amide bonds. The molecule has 0 aliphatic rings. The van der Waals surface area contributed by atoms with E-state index in [2.05, 4.69) is 20.4 Å². The van der Waals surface area contributed by atoms with Gasteiger partial charge in [0.25, 0.3) is 5.91 Å². The second kappa shape index (κ2) is 8.11. The molecule has 0 aliphatic heterocycles. The number of nitrogens with one attached hydrogen (secondary N) is 1. The van der Waals surface area contributed by atoms with Gasteiger partial charge in [-0.05, 0) is 0 Å². The topological polar surface area (TPSA) is 140 Å². The smallest absolute Gasteiger partial charge is 0.263 e. The standard InChI is InChI=1S/C17H17N7O3/c1-26-6-7-27-13-3-5-20-9-12(13)22-17(25)14-15(19)23-24-10-11(2-4-18)8-21-16(14)24/h3,5,8-10H,2,6-7H2,1H3,(H2,19,23)(H,22,25). The van der Waals surface area contributed by atoms with Gasteiger partial charge in [0.1, 0.15) is 23.6 Å². The van der Waals surface area contributed by atoms with Crippen LogP contribution in [0.5, 0.6) is 5.75 Å². The number of aromatic nitrogens is 4. The summed E-state index contributed by atoms with van der Waals surface area (Å²) < 4.78 is 11.9. The molecule has 0 spiro atoms. The van der Waals surface area contributed by atoms with Crippen LogP contribution in [0.25, 0.3) is 5.65 Å². The zero-order valence-electron chi connectivity index (χ0n) is 14.5. The van der Waals surface area contributed by atoms with Crippen LogP contribution in [0.1, 0.15) is 15.9 Å². The molecule has 0 aliphatic carbocycles. The molecule has 10 nitrogen and oxygen atoms in total. The van der Waals surface area contributed by atoms with Crippen LogP contribution in [0.4, 0.5) is 11.5 Å². The summed E-state index contributed by atoms with van der Waals surface area (Å²) in [6, 6.07) is 3.67. The lowest BCUT2D eigenvalue weighted by Crippen LogP contribution is -2.15. The zero-order valence-corrected chi connectivity index (χ0v) is 14.5. The summed E-state index contributed by atoms with van der Waals surface area (Å²) in [6.45, 7) is 0.733. The number of fused-ring (bicyclic) bond motifs is 1. The summed E-state index contributed by atoms with van der Waals surface area (Å²) in [5.74, 6) is -0.0119. The van der Waals surface area contributed by atoms with Crippen molar-refractivity contribution in [1.29, 1.82) is 5.26 Å². The van der Waals surface area contributed by atoms with Crippen LogP contribution in [0.15, 0.2) is 30.9 Å². The van der Waals surface area contributed by atoms with Gasteiger partial charge in [-0.15, -0.1) is 5.10 Å². The maximum absolute atomic E-state index is 12.8. The van der Waals surface area contributed by atoms with Gasteiger partial charge in [-0.1, -0.05) is 0 Å². The van der Waals surface area contributed by atoms with Crippen molar-refractivity contribution in [2.24, 2.45) is 0 Å². The number of nitrogen functional groups attached to an aromatic ring is 1. The largest absolute Gasteiger partial charge is 0.489 e. The molecule has 0 saturated carbocycles. The number of anilines is 2. The van der Waals surface area contributed by atoms with Crippen molar-refractivity contribution in [2.45, 2.75) is 6.42 Å². The number of carbonyl (C=O) groups excluding carboxylic acids is 1. The van der Waals surface area contributed by atoms with Gasteiger partial charge in [-0.3, -0.25) is 9.78 Å². The number of nitrogens with two attached hydrogens (primary N) is 1. The minimum atomic E-state index is -0.493. The van der Waals surface area contributed by atoms with E-state index in [4.69, 9.17) is 20.5 Å². The second-order valence-corrected chi connectivity index (χ2v) is 5.49. The number of carbonyl (C=O) groups is 1. The fourth-order valence-corrected chi connectivity index (χ4v) is 2.41. The number of pyridine rings is 1. The summed E-state index contributed by atoms with van der Waals surface area (Å²) in [4.78, 5) is 21.0. The lowest BCUT2D eigenvalue weighted by Gasteiger charge is -2.11. The molecule has 0 fully saturated rings. The second-order valence-electron chi connectivity index (χ2n) is 5.49. The monoisotopic (exact) mass is 367 g/mol. The highest BCUT2D eigenvalue weighted by atomic mass is 16.5. The van der Waals surface area contributed by atoms with Crippen molar-refractivity contribution >= 4 is 23.1 Å². The third-order valence-electron chi connectivity index (χ3n) is 3.64. The molecule has 0 radical (unpaired) electrons. The Balaban J connectivity index is 1.87. The van der Waals surface area contributed by atoms with Crippen molar-refractivity contribution in [1.82, 2.24) is 19.6 Å². The van der Waals surface area contributed by atoms with E-state index in [0.717, 1.165) is 0 Å². The van der Waals surface area contributed by atoms with E-state index in [1.165, 1.54) is 16.9 Å². The molecule has 10 heteroatoms. The Hall–Kier alpha value is -3.71. The molecule has 3 heterocycles. The Morgan fingerprint density at radius 2 is 2.26 bits per heavy atom. The number of rotatable bonds is 7. The zero-order chi connectivity index (χ0) is 19.2. The van der Waals surface area contributed by atoms with Crippen LogP contribution in [0, 0.1) is 11.3 Å². The average Bonchev–Trinajstić information content (AvgIpc) is 2.98. The van der Waals surface area contributed by atoms with E-state index < -0.39 is 5.91 Å². The molecule has 0 saturated heterocycles. The van der Waals surface area contributed by atoms with E-state index in [1.807, 2.05) is 6.07 Å². The minimum absolute atomic E-state index is 0.0276. The van der Waals surface area contributed by atoms with Crippen molar-refractivity contribution in [3.05, 3.63) is 42.0 Å². The van der Waals surface area contributed by atoms with Crippen LogP contribution in [0.3, 0.4) is 0 Å². The van der Waals surface area contributed by atoms with E-state index in [1.54, 1.807) is 25.6 Å². The fraction of sp³-hybridized carbons (Fsp3) is 0.235. The van der Waals surface area contributed by atoms with E-state index in [9.17, 15) is 4.79 Å². The molecule has 0 unspecified atom stereocenters. The van der Waals surface area contributed by atoms with Crippen LogP contribution >= 0.6 is 0 Å². The van der Waals surface area contributed by atoms with Crippen molar-refractivity contribution < 1.29 is 14.3 Å². The maximum Gasteiger partial charge on any atom is 0.263 e. The Morgan fingerprint density at radius 3 is 3.04 bits per heavy atom. The molecule has 0 aromatic carbocycles. The van der Waals surface area contributed by atoms with E-state index >= 15 is 0 Å². The number of methoxy groups -OCH3 is 1. The van der Waals surface area contributed by atoms with Crippen LogP contribution in [-0.4, -0.2) is 45.8 Å². The summed E-state index contributed by atoms with van der Waals surface area (Å²) in [6.07, 6.45) is 6.34. The van der Waals surface area contributed by atoms with Gasteiger partial charge in [0.05, 0.1) is 25.3 Å². The van der Waals surface area contributed by atoms with Crippen molar-refractivity contribution in [3.63, 3.8) is 0 Å². The first-order valence-electron chi connectivity index (χ1n) is 8.00. The number of nitrogens with zero attached hydrogens (tertiary/aromatic N) is 5. The number of nitriles is 1. The Labute approximate surface area is 154 Å². The molecule has 138 valence electrons. The molecular weight excluding hydrogens is 350 g/mol. The van der Waals surface area contributed by atoms with Gasteiger partial charge in [-0.25, -0.2) is 9.50 Å². The molecule has 3 rings (SSSR count). The number of ether oxygens (including phenoxy) is 2. The molecule has 3 aromatic rings. The summed E-state index contributed by atoms with van der Waals surface area (Å²) in [5, 5.41) is 15.6. The lowest BCUT2D eigenvalue weighted by molar-refractivity contribution is 0.102. The van der Waals surface area contributed by atoms with E-state index in [-0.39, 0.29) is 23.4 Å². The molecule has 27 heavy (non-hydrogen) atoms. The molecule has 0 bridgehead atoms. The summed E-state index contributed by atoms with van der Waals surface area (Å²) >= 11 is 0. The van der Waals surface area contributed by atoms with Gasteiger partial charge in [-0.2, -0.15) is 5.26 Å². The van der Waals surface area contributed by atoms with E-state index in [0.29, 0.717) is 30.2 Å². The van der Waals surface area contributed by atoms with Gasteiger partial charge in [0.15, 0.2) is 11.5 Å². The van der Waals surface area contributed by atoms with Crippen molar-refractivity contribution in [2.75, 3.05) is 31.4 Å². The van der Waals surface area contributed by atoms with Crippen molar-refractivity contribution in [3.8, 4) is 11.8 Å². The molecule has 3 N–H and O–H groups in total. The van der Waals surface area contributed by atoms with Crippen LogP contribution in [-0.2, 0) is 11.2 Å². The summed E-state index contributed by atoms with van der Waals surface area (Å²) in [7, 11) is 1.57. The quantitative estimate of drug-likeness (QED) is 0.590. The number of hydrogen-bond donors (Lipinski definition) is 2. The van der Waals surface area contributed by atoms with Gasteiger partial charge >= 0.3 is 0 Å². The average molecular weight is 367 g/mol. The molecule has 0 atom stereocenters. The lowest BCUT2D eigenvalue weighted by atomic mass is 10.2. The minimum Gasteiger partial charge on any atom is -0.489 e. The predicted molar refractivity (Wildman–Crippen MR) is 96.3 cm³/mol. The first-order chi connectivity index (χ1) is 13.1. The van der Waals surface area contributed by atoms with Gasteiger partial charge in [0.2, 0.25) is 0 Å². The highest BCUT2D eigenvalue weighted by molar-refractivity contribution is 6.11. The Bertz CT molecular complexity index is 1010. The third-order valence-corrected chi connectivity index (χ3v) is 3.64. The first kappa shape index (κ1) is 18.1. The Kier molecular flexibility index (Phi) is 5.44. The SMILES string of the molecule is COCCOc1ccncc1NC(=O)c1c(N)nn2cc(CC#N)cnc12. The van der Waals surface area contributed by atoms with Crippen LogP contribution < -0.4 is 15.8 Å². The molecule has 3 aromatic heterocycles. The Morgan fingerprint density at radius 1 is 1.41 bits per heavy atom.